The lowest BCUT2D eigenvalue weighted by molar-refractivity contribution is 0.430. The topological polar surface area (TPSA) is 3.01 Å². The van der Waals surface area contributed by atoms with E-state index in [-0.39, 0.29) is 0 Å². The van der Waals surface area contributed by atoms with Gasteiger partial charge in [0.05, 0.1) is 0 Å². The van der Waals surface area contributed by atoms with E-state index >= 15 is 0 Å². The Hall–Kier alpha value is -0.0400. The predicted octanol–water partition coefficient (Wildman–Crippen LogP) is 0.463. The van der Waals surface area contributed by atoms with Crippen molar-refractivity contribution >= 4 is 0 Å². The van der Waals surface area contributed by atoms with Crippen LogP contribution in [0.15, 0.2) is 0 Å². The molecule has 1 heterocycles. The monoisotopic (exact) mass is 83.1 g/mol. The summed E-state index contributed by atoms with van der Waals surface area (Å²) >= 11 is 0. The molecule has 34 valence electrons. The minimum Gasteiger partial charge on any atom is -0.294 e. The van der Waals surface area contributed by atoms with Gasteiger partial charge in [-0.15, -0.1) is 0 Å². The Morgan fingerprint density at radius 3 is 2.17 bits per heavy atom. The fraction of sp³-hybridized carbons (Fsp3) is 1.00. The molecule has 0 bridgehead atoms. The third-order valence-corrected chi connectivity index (χ3v) is 2.37. The Bertz CT molecular complexity index is 94.1. The van der Waals surface area contributed by atoms with Gasteiger partial charge in [0.25, 0.3) is 0 Å². The first-order valence-electron chi connectivity index (χ1n) is 2.48. The average Bonchev–Trinajstić information content (AvgIpc) is 2.24. The Labute approximate surface area is 37.9 Å². The molecule has 1 nitrogen and oxygen atoms in total. The molecule has 0 amide bonds. The molecule has 1 aliphatic heterocycles. The lowest BCUT2D eigenvalue weighted by Crippen LogP contribution is -2.07. The van der Waals surface area contributed by atoms with Crippen molar-refractivity contribution in [1.82, 2.24) is 4.90 Å². The minimum atomic E-state index is 0.708. The number of fused-ring (bicyclic) bond motifs is 1. The van der Waals surface area contributed by atoms with E-state index in [0.29, 0.717) is 5.54 Å². The number of hydrogen-bond donors (Lipinski definition) is 0. The lowest BCUT2D eigenvalue weighted by atomic mass is 10.4. The van der Waals surface area contributed by atoms with Crippen molar-refractivity contribution in [3.63, 3.8) is 0 Å². The molecular formula is C5H9N. The third kappa shape index (κ3) is 0.121. The molecule has 2 unspecified atom stereocenters. The zero-order valence-corrected chi connectivity index (χ0v) is 4.23. The SMILES string of the molecule is CN1C2C[C@]21C. The second-order valence-corrected chi connectivity index (χ2v) is 2.69. The van der Waals surface area contributed by atoms with Crippen LogP contribution in [0, 0.1) is 0 Å². The molecular weight excluding hydrogens is 74.1 g/mol. The number of hydrogen-bond acceptors (Lipinski definition) is 1. The lowest BCUT2D eigenvalue weighted by Gasteiger charge is -1.99. The van der Waals surface area contributed by atoms with Gasteiger partial charge in [-0.05, 0) is 20.4 Å². The van der Waals surface area contributed by atoms with Gasteiger partial charge in [-0.3, -0.25) is 4.90 Å². The predicted molar refractivity (Wildman–Crippen MR) is 24.6 cm³/mol. The first-order valence-corrected chi connectivity index (χ1v) is 2.48. The van der Waals surface area contributed by atoms with E-state index in [1.54, 1.807) is 0 Å². The maximum absolute atomic E-state index is 2.41. The van der Waals surface area contributed by atoms with Gasteiger partial charge in [-0.2, -0.15) is 0 Å². The molecule has 0 aromatic rings. The third-order valence-electron chi connectivity index (χ3n) is 2.37. The fourth-order valence-electron chi connectivity index (χ4n) is 1.19. The van der Waals surface area contributed by atoms with E-state index in [0.717, 1.165) is 6.04 Å². The quantitative estimate of drug-likeness (QED) is 0.384. The molecule has 0 N–H and O–H groups in total. The minimum absolute atomic E-state index is 0.708. The van der Waals surface area contributed by atoms with Gasteiger partial charge < -0.3 is 0 Å². The molecule has 3 atom stereocenters. The summed E-state index contributed by atoms with van der Waals surface area (Å²) in [5.74, 6) is 0. The first-order chi connectivity index (χ1) is 2.75. The molecule has 2 rings (SSSR count). The molecule has 1 saturated heterocycles. The summed E-state index contributed by atoms with van der Waals surface area (Å²) in [4.78, 5) is 2.41. The van der Waals surface area contributed by atoms with E-state index in [2.05, 4.69) is 18.9 Å². The van der Waals surface area contributed by atoms with Crippen LogP contribution in [0.3, 0.4) is 0 Å². The highest BCUT2D eigenvalue weighted by atomic mass is 15.5. The largest absolute Gasteiger partial charge is 0.294 e. The molecule has 2 aliphatic rings. The van der Waals surface area contributed by atoms with Gasteiger partial charge in [0.2, 0.25) is 0 Å². The smallest absolute Gasteiger partial charge is 0.0353 e. The summed E-state index contributed by atoms with van der Waals surface area (Å²) in [6.07, 6.45) is 1.46. The summed E-state index contributed by atoms with van der Waals surface area (Å²) in [6, 6.07) is 0.998. The van der Waals surface area contributed by atoms with Crippen molar-refractivity contribution in [3.05, 3.63) is 0 Å². The van der Waals surface area contributed by atoms with Crippen molar-refractivity contribution in [1.29, 1.82) is 0 Å². The summed E-state index contributed by atoms with van der Waals surface area (Å²) < 4.78 is 0. The Morgan fingerprint density at radius 1 is 1.83 bits per heavy atom. The van der Waals surface area contributed by atoms with E-state index < -0.39 is 0 Å². The van der Waals surface area contributed by atoms with Crippen LogP contribution in [0.1, 0.15) is 13.3 Å². The molecule has 2 fully saturated rings. The van der Waals surface area contributed by atoms with Crippen molar-refractivity contribution in [2.24, 2.45) is 0 Å². The highest BCUT2D eigenvalue weighted by molar-refractivity contribution is 5.29. The Balaban J connectivity index is 2.23. The average molecular weight is 83.1 g/mol. The number of nitrogens with zero attached hydrogens (tertiary/aromatic N) is 1. The maximum Gasteiger partial charge on any atom is 0.0353 e. The second kappa shape index (κ2) is 0.463. The highest BCUT2D eigenvalue weighted by Gasteiger charge is 2.71. The Kier molecular flexibility index (Phi) is 0.234. The number of rotatable bonds is 0. The van der Waals surface area contributed by atoms with Gasteiger partial charge in [0.15, 0.2) is 0 Å². The van der Waals surface area contributed by atoms with E-state index in [4.69, 9.17) is 0 Å². The summed E-state index contributed by atoms with van der Waals surface area (Å²) in [5, 5.41) is 0. The Morgan fingerprint density at radius 2 is 2.17 bits per heavy atom. The van der Waals surface area contributed by atoms with Gasteiger partial charge >= 0.3 is 0 Å². The van der Waals surface area contributed by atoms with Gasteiger partial charge in [-0.1, -0.05) is 0 Å². The highest BCUT2D eigenvalue weighted by Crippen LogP contribution is 2.60. The molecule has 1 saturated carbocycles. The van der Waals surface area contributed by atoms with Crippen molar-refractivity contribution in [2.75, 3.05) is 7.05 Å². The van der Waals surface area contributed by atoms with E-state index in [1.165, 1.54) is 6.42 Å². The standard InChI is InChI=1S/C5H9N/c1-5-3-4(5)6(5)2/h4H,3H2,1-2H3/t4?,5-,6?/m1/s1. The zero-order valence-electron chi connectivity index (χ0n) is 4.23. The molecule has 1 heteroatoms. The molecule has 6 heavy (non-hydrogen) atoms. The van der Waals surface area contributed by atoms with Crippen LogP contribution in [0.25, 0.3) is 0 Å². The fourth-order valence-corrected chi connectivity index (χ4v) is 1.19. The second-order valence-electron chi connectivity index (χ2n) is 2.69. The first kappa shape index (κ1) is 3.03. The van der Waals surface area contributed by atoms with Gasteiger partial charge in [0, 0.05) is 11.6 Å². The van der Waals surface area contributed by atoms with Crippen LogP contribution < -0.4 is 0 Å². The van der Waals surface area contributed by atoms with E-state index in [9.17, 15) is 0 Å². The summed E-state index contributed by atoms with van der Waals surface area (Å²) in [7, 11) is 2.19. The van der Waals surface area contributed by atoms with E-state index in [1.807, 2.05) is 0 Å². The molecule has 0 aromatic carbocycles. The van der Waals surface area contributed by atoms with Gasteiger partial charge in [0.1, 0.15) is 0 Å². The van der Waals surface area contributed by atoms with Crippen molar-refractivity contribution in [3.8, 4) is 0 Å². The number of likely N-dealkylation sites (N-methyl/N-ethyl adjacent to an activating group) is 1. The molecule has 0 spiro atoms. The normalized spacial score (nSPS) is 73.0. The molecule has 1 aliphatic carbocycles. The van der Waals surface area contributed by atoms with Crippen LogP contribution in [0.5, 0.6) is 0 Å². The zero-order chi connectivity index (χ0) is 4.36. The maximum atomic E-state index is 2.41. The van der Waals surface area contributed by atoms with Crippen molar-refractivity contribution in [2.45, 2.75) is 24.9 Å². The summed E-state index contributed by atoms with van der Waals surface area (Å²) in [6.45, 7) is 2.32. The van der Waals surface area contributed by atoms with Gasteiger partial charge in [-0.25, -0.2) is 0 Å². The molecule has 0 radical (unpaired) electrons. The van der Waals surface area contributed by atoms with Crippen LogP contribution >= 0.6 is 0 Å². The van der Waals surface area contributed by atoms with Crippen LogP contribution in [-0.2, 0) is 0 Å². The number of likely N-dealkylation sites (tertiary alicyclic amines) is 1. The summed E-state index contributed by atoms with van der Waals surface area (Å²) in [5.41, 5.74) is 0.708. The van der Waals surface area contributed by atoms with Crippen LogP contribution in [0.4, 0.5) is 0 Å². The van der Waals surface area contributed by atoms with Crippen LogP contribution in [-0.4, -0.2) is 23.5 Å². The van der Waals surface area contributed by atoms with Crippen LogP contribution in [0.2, 0.25) is 0 Å². The molecule has 0 aromatic heterocycles. The van der Waals surface area contributed by atoms with Crippen molar-refractivity contribution < 1.29 is 0 Å².